The van der Waals surface area contributed by atoms with E-state index >= 15 is 0 Å². The van der Waals surface area contributed by atoms with Crippen molar-refractivity contribution in [1.29, 1.82) is 0 Å². The molecule has 0 saturated heterocycles. The summed E-state index contributed by atoms with van der Waals surface area (Å²) in [7, 11) is -3.75. The number of aryl methyl sites for hydroxylation is 2. The maximum absolute atomic E-state index is 13.5. The van der Waals surface area contributed by atoms with Crippen molar-refractivity contribution in [2.75, 3.05) is 23.7 Å². The molecule has 0 bridgehead atoms. The van der Waals surface area contributed by atoms with Crippen molar-refractivity contribution < 1.29 is 18.0 Å². The van der Waals surface area contributed by atoms with Gasteiger partial charge >= 0.3 is 0 Å². The van der Waals surface area contributed by atoms with Gasteiger partial charge in [0.1, 0.15) is 12.6 Å². The van der Waals surface area contributed by atoms with Gasteiger partial charge in [-0.3, -0.25) is 13.9 Å². The number of hydrogen-bond acceptors (Lipinski definition) is 4. The smallest absolute Gasteiger partial charge is 0.244 e. The van der Waals surface area contributed by atoms with Gasteiger partial charge in [0, 0.05) is 17.6 Å². The number of halogens is 1. The third-order valence-corrected chi connectivity index (χ3v) is 7.46. The van der Waals surface area contributed by atoms with Gasteiger partial charge in [0.25, 0.3) is 0 Å². The van der Waals surface area contributed by atoms with Crippen LogP contribution in [0.3, 0.4) is 0 Å². The number of rotatable bonds is 10. The summed E-state index contributed by atoms with van der Waals surface area (Å²) in [6.07, 6.45) is 1.84. The van der Waals surface area contributed by atoms with Gasteiger partial charge in [-0.25, -0.2) is 8.42 Å². The summed E-state index contributed by atoms with van der Waals surface area (Å²) in [5.74, 6) is -0.729. The molecule has 1 atom stereocenters. The molecule has 0 heterocycles. The van der Waals surface area contributed by atoms with Crippen LogP contribution in [-0.2, 0) is 26.2 Å². The van der Waals surface area contributed by atoms with Crippen molar-refractivity contribution in [2.24, 2.45) is 0 Å². The quantitative estimate of drug-likeness (QED) is 0.499. The van der Waals surface area contributed by atoms with E-state index in [1.165, 1.54) is 4.90 Å². The Morgan fingerprint density at radius 1 is 1.09 bits per heavy atom. The molecule has 0 aliphatic rings. The summed E-state index contributed by atoms with van der Waals surface area (Å²) in [4.78, 5) is 27.6. The zero-order valence-electron chi connectivity index (χ0n) is 19.8. The van der Waals surface area contributed by atoms with Gasteiger partial charge in [0.15, 0.2) is 0 Å². The molecule has 9 heteroatoms. The zero-order chi connectivity index (χ0) is 24.8. The molecule has 0 radical (unpaired) electrons. The number of benzene rings is 2. The molecule has 0 spiro atoms. The average molecular weight is 539 g/mol. The third kappa shape index (κ3) is 7.30. The maximum atomic E-state index is 13.5. The predicted octanol–water partition coefficient (Wildman–Crippen LogP) is 3.78. The van der Waals surface area contributed by atoms with Crippen LogP contribution in [0.5, 0.6) is 0 Å². The van der Waals surface area contributed by atoms with Crippen molar-refractivity contribution in [2.45, 2.75) is 46.7 Å². The van der Waals surface area contributed by atoms with Crippen molar-refractivity contribution in [3.8, 4) is 0 Å². The van der Waals surface area contributed by atoms with Crippen molar-refractivity contribution in [1.82, 2.24) is 10.2 Å². The lowest BCUT2D eigenvalue weighted by molar-refractivity contribution is -0.139. The van der Waals surface area contributed by atoms with E-state index in [0.717, 1.165) is 38.1 Å². The topological polar surface area (TPSA) is 86.8 Å². The average Bonchev–Trinajstić information content (AvgIpc) is 2.75. The Kier molecular flexibility index (Phi) is 9.48. The second-order valence-corrected chi connectivity index (χ2v) is 10.9. The highest BCUT2D eigenvalue weighted by Gasteiger charge is 2.30. The summed E-state index contributed by atoms with van der Waals surface area (Å²) >= 11 is 3.41. The van der Waals surface area contributed by atoms with Gasteiger partial charge in [0.2, 0.25) is 21.8 Å². The zero-order valence-corrected chi connectivity index (χ0v) is 22.2. The first-order valence-corrected chi connectivity index (χ1v) is 13.4. The molecule has 2 aromatic carbocycles. The number of amides is 2. The van der Waals surface area contributed by atoms with Gasteiger partial charge in [-0.2, -0.15) is 0 Å². The standard InChI is InChI=1S/C24H32BrN3O4S/c1-6-13-26-24(30)19(4)27(15-20-10-8-7-9-17(20)2)23(29)16-28(33(5,31)32)21-11-12-22(25)18(3)14-21/h7-12,14,19H,6,13,15-16H2,1-5H3,(H,26,30)/t19-/m0/s1. The largest absolute Gasteiger partial charge is 0.354 e. The minimum absolute atomic E-state index is 0.198. The van der Waals surface area contributed by atoms with Crippen LogP contribution in [0.15, 0.2) is 46.9 Å². The van der Waals surface area contributed by atoms with E-state index in [1.807, 2.05) is 45.0 Å². The first-order chi connectivity index (χ1) is 15.5. The molecule has 2 aromatic rings. The number of carbonyl (C=O) groups is 2. The van der Waals surface area contributed by atoms with Crippen LogP contribution in [0.1, 0.15) is 37.0 Å². The number of hydrogen-bond donors (Lipinski definition) is 1. The summed E-state index contributed by atoms with van der Waals surface area (Å²) in [6.45, 7) is 7.69. The number of carbonyl (C=O) groups excluding carboxylic acids is 2. The Morgan fingerprint density at radius 2 is 1.76 bits per heavy atom. The molecule has 0 fully saturated rings. The fourth-order valence-electron chi connectivity index (χ4n) is 3.35. The fraction of sp³-hybridized carbons (Fsp3) is 0.417. The van der Waals surface area contributed by atoms with Gasteiger partial charge < -0.3 is 10.2 Å². The molecule has 1 N–H and O–H groups in total. The Hall–Kier alpha value is -2.39. The van der Waals surface area contributed by atoms with Gasteiger partial charge in [-0.05, 0) is 62.1 Å². The highest BCUT2D eigenvalue weighted by molar-refractivity contribution is 9.10. The molecule has 2 rings (SSSR count). The van der Waals surface area contributed by atoms with E-state index in [1.54, 1.807) is 25.1 Å². The fourth-order valence-corrected chi connectivity index (χ4v) is 4.44. The van der Waals surface area contributed by atoms with Crippen LogP contribution in [0, 0.1) is 13.8 Å². The Balaban J connectivity index is 2.40. The molecule has 0 aliphatic heterocycles. The third-order valence-electron chi connectivity index (χ3n) is 5.43. The van der Waals surface area contributed by atoms with Crippen LogP contribution in [0.2, 0.25) is 0 Å². The number of nitrogens with one attached hydrogen (secondary N) is 1. The van der Waals surface area contributed by atoms with E-state index < -0.39 is 28.5 Å². The van der Waals surface area contributed by atoms with Crippen molar-refractivity contribution in [3.63, 3.8) is 0 Å². The van der Waals surface area contributed by atoms with E-state index in [-0.39, 0.29) is 12.5 Å². The summed E-state index contributed by atoms with van der Waals surface area (Å²) < 4.78 is 27.1. The normalized spacial score (nSPS) is 12.2. The highest BCUT2D eigenvalue weighted by Crippen LogP contribution is 2.25. The molecule has 2 amide bonds. The number of anilines is 1. The lowest BCUT2D eigenvalue weighted by atomic mass is 10.1. The molecule has 0 saturated carbocycles. The van der Waals surface area contributed by atoms with Crippen LogP contribution in [0.4, 0.5) is 5.69 Å². The molecule has 180 valence electrons. The van der Waals surface area contributed by atoms with Crippen LogP contribution >= 0.6 is 15.9 Å². The monoisotopic (exact) mass is 537 g/mol. The minimum atomic E-state index is -3.75. The number of nitrogens with zero attached hydrogens (tertiary/aromatic N) is 2. The Bertz CT molecular complexity index is 1100. The van der Waals surface area contributed by atoms with E-state index in [2.05, 4.69) is 21.2 Å². The van der Waals surface area contributed by atoms with Gasteiger partial charge in [-0.1, -0.05) is 47.1 Å². The Labute approximate surface area is 205 Å². The lowest BCUT2D eigenvalue weighted by Crippen LogP contribution is -2.51. The summed E-state index contributed by atoms with van der Waals surface area (Å²) in [5, 5.41) is 2.83. The Morgan fingerprint density at radius 3 is 2.33 bits per heavy atom. The van der Waals surface area contributed by atoms with E-state index in [9.17, 15) is 18.0 Å². The van der Waals surface area contributed by atoms with Crippen LogP contribution < -0.4 is 9.62 Å². The van der Waals surface area contributed by atoms with Crippen molar-refractivity contribution >= 4 is 43.5 Å². The second kappa shape index (κ2) is 11.7. The van der Waals surface area contributed by atoms with Gasteiger partial charge in [0.05, 0.1) is 11.9 Å². The highest BCUT2D eigenvalue weighted by atomic mass is 79.9. The number of sulfonamides is 1. The van der Waals surface area contributed by atoms with Gasteiger partial charge in [-0.15, -0.1) is 0 Å². The summed E-state index contributed by atoms with van der Waals surface area (Å²) in [5.41, 5.74) is 3.12. The SMILES string of the molecule is CCCNC(=O)[C@H](C)N(Cc1ccccc1C)C(=O)CN(c1ccc(Br)c(C)c1)S(C)(=O)=O. The molecule has 0 unspecified atom stereocenters. The maximum Gasteiger partial charge on any atom is 0.244 e. The second-order valence-electron chi connectivity index (χ2n) is 8.12. The molecular formula is C24H32BrN3O4S. The first-order valence-electron chi connectivity index (χ1n) is 10.8. The first kappa shape index (κ1) is 26.9. The minimum Gasteiger partial charge on any atom is -0.354 e. The molecule has 0 aliphatic carbocycles. The lowest BCUT2D eigenvalue weighted by Gasteiger charge is -2.32. The molecular weight excluding hydrogens is 506 g/mol. The predicted molar refractivity (Wildman–Crippen MR) is 136 cm³/mol. The van der Waals surface area contributed by atoms with Crippen LogP contribution in [0.25, 0.3) is 0 Å². The molecule has 0 aromatic heterocycles. The van der Waals surface area contributed by atoms with Crippen molar-refractivity contribution in [3.05, 3.63) is 63.6 Å². The van der Waals surface area contributed by atoms with E-state index in [4.69, 9.17) is 0 Å². The van der Waals surface area contributed by atoms with E-state index in [0.29, 0.717) is 12.2 Å². The van der Waals surface area contributed by atoms with Crippen LogP contribution in [-0.4, -0.2) is 50.5 Å². The summed E-state index contributed by atoms with van der Waals surface area (Å²) in [6, 6.07) is 12.0. The molecule has 33 heavy (non-hydrogen) atoms. The molecule has 7 nitrogen and oxygen atoms in total.